The van der Waals surface area contributed by atoms with E-state index in [9.17, 15) is 9.59 Å². The Morgan fingerprint density at radius 1 is 1.35 bits per heavy atom. The first-order valence-electron chi connectivity index (χ1n) is 7.88. The molecule has 23 heavy (non-hydrogen) atoms. The van der Waals surface area contributed by atoms with Crippen molar-refractivity contribution in [3.8, 4) is 0 Å². The van der Waals surface area contributed by atoms with Crippen LogP contribution in [0.4, 0.5) is 5.69 Å². The van der Waals surface area contributed by atoms with Crippen LogP contribution >= 0.6 is 15.9 Å². The number of halogens is 1. The Labute approximate surface area is 145 Å². The third-order valence-corrected chi connectivity index (χ3v) is 4.64. The zero-order valence-electron chi connectivity index (χ0n) is 13.6. The maximum Gasteiger partial charge on any atom is 0.223 e. The molecule has 1 saturated heterocycles. The van der Waals surface area contributed by atoms with Crippen molar-refractivity contribution in [2.45, 2.75) is 26.7 Å². The summed E-state index contributed by atoms with van der Waals surface area (Å²) in [5.74, 6) is 0.0373. The molecule has 0 atom stereocenters. The number of amides is 2. The van der Waals surface area contributed by atoms with E-state index in [1.54, 1.807) is 4.90 Å². The Bertz CT molecular complexity index is 571. The molecule has 1 aromatic rings. The minimum Gasteiger partial charge on any atom is -0.381 e. The van der Waals surface area contributed by atoms with Crippen LogP contribution in [0.25, 0.3) is 0 Å². The third kappa shape index (κ3) is 5.04. The molecule has 1 aliphatic rings. The first-order chi connectivity index (χ1) is 11.0. The van der Waals surface area contributed by atoms with Crippen molar-refractivity contribution < 1.29 is 14.3 Å². The first kappa shape index (κ1) is 17.9. The van der Waals surface area contributed by atoms with Crippen molar-refractivity contribution in [2.75, 3.05) is 31.2 Å². The molecule has 126 valence electrons. The van der Waals surface area contributed by atoms with E-state index >= 15 is 0 Å². The number of nitrogens with one attached hydrogen (secondary N) is 1. The van der Waals surface area contributed by atoms with Gasteiger partial charge in [0.25, 0.3) is 0 Å². The summed E-state index contributed by atoms with van der Waals surface area (Å²) in [6.45, 7) is 5.72. The maximum absolute atomic E-state index is 12.1. The van der Waals surface area contributed by atoms with E-state index in [0.717, 1.165) is 28.6 Å². The van der Waals surface area contributed by atoms with Crippen LogP contribution in [0.3, 0.4) is 0 Å². The first-order valence-corrected chi connectivity index (χ1v) is 8.68. The van der Waals surface area contributed by atoms with Gasteiger partial charge in [-0.3, -0.25) is 9.59 Å². The molecule has 0 radical (unpaired) electrons. The van der Waals surface area contributed by atoms with Crippen LogP contribution in [0.15, 0.2) is 22.7 Å². The molecule has 0 spiro atoms. The Hall–Kier alpha value is -1.40. The van der Waals surface area contributed by atoms with Gasteiger partial charge in [0.1, 0.15) is 0 Å². The molecule has 1 heterocycles. The van der Waals surface area contributed by atoms with Crippen molar-refractivity contribution in [3.05, 3.63) is 28.2 Å². The average molecular weight is 383 g/mol. The van der Waals surface area contributed by atoms with Crippen molar-refractivity contribution in [1.82, 2.24) is 5.32 Å². The molecule has 2 amide bonds. The van der Waals surface area contributed by atoms with Gasteiger partial charge in [0.2, 0.25) is 11.8 Å². The van der Waals surface area contributed by atoms with Crippen LogP contribution in [-0.4, -0.2) is 38.1 Å². The Morgan fingerprint density at radius 3 is 2.65 bits per heavy atom. The van der Waals surface area contributed by atoms with Gasteiger partial charge in [-0.1, -0.05) is 6.07 Å². The number of ether oxygens (including phenoxy) is 1. The molecule has 0 aromatic heterocycles. The lowest BCUT2D eigenvalue weighted by atomic mass is 9.99. The zero-order valence-corrected chi connectivity index (χ0v) is 15.2. The van der Waals surface area contributed by atoms with Crippen molar-refractivity contribution in [2.24, 2.45) is 5.92 Å². The number of rotatable bonds is 5. The highest BCUT2D eigenvalue weighted by Crippen LogP contribution is 2.27. The number of hydrogen-bond donors (Lipinski definition) is 1. The van der Waals surface area contributed by atoms with E-state index in [1.807, 2.05) is 25.1 Å². The van der Waals surface area contributed by atoms with Gasteiger partial charge in [0.15, 0.2) is 0 Å². The van der Waals surface area contributed by atoms with Crippen LogP contribution in [0.2, 0.25) is 0 Å². The highest BCUT2D eigenvalue weighted by molar-refractivity contribution is 9.10. The number of hydrogen-bond acceptors (Lipinski definition) is 3. The van der Waals surface area contributed by atoms with E-state index in [-0.39, 0.29) is 17.7 Å². The van der Waals surface area contributed by atoms with Crippen LogP contribution < -0.4 is 10.2 Å². The number of benzene rings is 1. The number of anilines is 1. The molecule has 0 aliphatic carbocycles. The average Bonchev–Trinajstić information content (AvgIpc) is 2.53. The molecule has 2 rings (SSSR count). The standard InChI is InChI=1S/C17H23BrN2O3/c1-12-3-4-16(15(18)11-12)20(13(2)21)8-7-19-17(22)14-5-9-23-10-6-14/h3-4,11,14H,5-10H2,1-2H3,(H,19,22). The summed E-state index contributed by atoms with van der Waals surface area (Å²) >= 11 is 3.50. The highest BCUT2D eigenvalue weighted by Gasteiger charge is 2.21. The van der Waals surface area contributed by atoms with E-state index < -0.39 is 0 Å². The number of carbonyl (C=O) groups is 2. The van der Waals surface area contributed by atoms with Gasteiger partial charge in [0.05, 0.1) is 5.69 Å². The lowest BCUT2D eigenvalue weighted by Gasteiger charge is -2.25. The Kier molecular flexibility index (Phi) is 6.59. The SMILES string of the molecule is CC(=O)N(CCNC(=O)C1CCOCC1)c1ccc(C)cc1Br. The fraction of sp³-hybridized carbons (Fsp3) is 0.529. The summed E-state index contributed by atoms with van der Waals surface area (Å²) in [4.78, 5) is 25.7. The molecule has 5 nitrogen and oxygen atoms in total. The molecule has 0 bridgehead atoms. The predicted octanol–water partition coefficient (Wildman–Crippen LogP) is 2.65. The summed E-state index contributed by atoms with van der Waals surface area (Å²) in [6, 6.07) is 5.86. The topological polar surface area (TPSA) is 58.6 Å². The third-order valence-electron chi connectivity index (χ3n) is 4.00. The Balaban J connectivity index is 1.92. The minimum absolute atomic E-state index is 0.0284. The summed E-state index contributed by atoms with van der Waals surface area (Å²) in [7, 11) is 0. The second-order valence-electron chi connectivity index (χ2n) is 5.80. The van der Waals surface area contributed by atoms with Crippen molar-refractivity contribution in [3.63, 3.8) is 0 Å². The molecular formula is C17H23BrN2O3. The van der Waals surface area contributed by atoms with E-state index in [0.29, 0.717) is 26.3 Å². The van der Waals surface area contributed by atoms with Crippen LogP contribution in [0.5, 0.6) is 0 Å². The van der Waals surface area contributed by atoms with Gasteiger partial charge in [-0.15, -0.1) is 0 Å². The summed E-state index contributed by atoms with van der Waals surface area (Å²) in [5.41, 5.74) is 1.94. The second-order valence-corrected chi connectivity index (χ2v) is 6.66. The van der Waals surface area contributed by atoms with Crippen LogP contribution in [0.1, 0.15) is 25.3 Å². The molecule has 0 saturated carbocycles. The monoisotopic (exact) mass is 382 g/mol. The molecule has 1 aromatic carbocycles. The molecule has 6 heteroatoms. The number of aryl methyl sites for hydroxylation is 1. The van der Waals surface area contributed by atoms with Gasteiger partial charge in [-0.2, -0.15) is 0 Å². The number of nitrogens with zero attached hydrogens (tertiary/aromatic N) is 1. The molecule has 1 fully saturated rings. The lowest BCUT2D eigenvalue weighted by molar-refractivity contribution is -0.127. The lowest BCUT2D eigenvalue weighted by Crippen LogP contribution is -2.40. The smallest absolute Gasteiger partial charge is 0.223 e. The second kappa shape index (κ2) is 8.45. The van der Waals surface area contributed by atoms with E-state index in [2.05, 4.69) is 21.2 Å². The molecule has 1 N–H and O–H groups in total. The van der Waals surface area contributed by atoms with Crippen LogP contribution in [-0.2, 0) is 14.3 Å². The van der Waals surface area contributed by atoms with Crippen molar-refractivity contribution >= 4 is 33.4 Å². The maximum atomic E-state index is 12.1. The molecule has 1 aliphatic heterocycles. The van der Waals surface area contributed by atoms with Crippen molar-refractivity contribution in [1.29, 1.82) is 0 Å². The van der Waals surface area contributed by atoms with Gasteiger partial charge < -0.3 is 15.0 Å². The zero-order chi connectivity index (χ0) is 16.8. The summed E-state index contributed by atoms with van der Waals surface area (Å²) < 4.78 is 6.14. The van der Waals surface area contributed by atoms with Crippen LogP contribution in [0, 0.1) is 12.8 Å². The molecular weight excluding hydrogens is 360 g/mol. The van der Waals surface area contributed by atoms with Gasteiger partial charge in [0, 0.05) is 43.6 Å². The largest absolute Gasteiger partial charge is 0.381 e. The van der Waals surface area contributed by atoms with Gasteiger partial charge >= 0.3 is 0 Å². The highest BCUT2D eigenvalue weighted by atomic mass is 79.9. The molecule has 0 unspecified atom stereocenters. The normalized spacial score (nSPS) is 15.3. The van der Waals surface area contributed by atoms with Gasteiger partial charge in [-0.25, -0.2) is 0 Å². The fourth-order valence-electron chi connectivity index (χ4n) is 2.67. The Morgan fingerprint density at radius 2 is 2.04 bits per heavy atom. The predicted molar refractivity (Wildman–Crippen MR) is 93.5 cm³/mol. The summed E-state index contributed by atoms with van der Waals surface area (Å²) in [6.07, 6.45) is 1.54. The quantitative estimate of drug-likeness (QED) is 0.851. The fourth-order valence-corrected chi connectivity index (χ4v) is 3.38. The van der Waals surface area contributed by atoms with E-state index in [1.165, 1.54) is 6.92 Å². The van der Waals surface area contributed by atoms with E-state index in [4.69, 9.17) is 4.74 Å². The van der Waals surface area contributed by atoms with Gasteiger partial charge in [-0.05, 0) is 53.4 Å². The number of carbonyl (C=O) groups excluding carboxylic acids is 2. The minimum atomic E-state index is -0.0464. The summed E-state index contributed by atoms with van der Waals surface area (Å²) in [5, 5.41) is 2.93.